The molecule has 1 aromatic carbocycles. The highest BCUT2D eigenvalue weighted by Crippen LogP contribution is 2.31. The van der Waals surface area contributed by atoms with Crippen molar-refractivity contribution < 1.29 is 31.6 Å². The first kappa shape index (κ1) is 17.6. The lowest BCUT2D eigenvalue weighted by Gasteiger charge is -2.27. The van der Waals surface area contributed by atoms with E-state index in [1.165, 1.54) is 12.1 Å². The molecular formula is C14H15F5N2O2. The van der Waals surface area contributed by atoms with Crippen LogP contribution in [-0.2, 0) is 9.63 Å². The van der Waals surface area contributed by atoms with Crippen molar-refractivity contribution >= 4 is 5.91 Å². The molecule has 0 aliphatic carbocycles. The van der Waals surface area contributed by atoms with Gasteiger partial charge < -0.3 is 4.90 Å². The monoisotopic (exact) mass is 338 g/mol. The summed E-state index contributed by atoms with van der Waals surface area (Å²) in [7, 11) is 0. The fourth-order valence-electron chi connectivity index (χ4n) is 2.70. The van der Waals surface area contributed by atoms with Gasteiger partial charge in [0.2, 0.25) is 0 Å². The zero-order chi connectivity index (χ0) is 17.2. The van der Waals surface area contributed by atoms with Crippen molar-refractivity contribution in [3.63, 3.8) is 0 Å². The number of rotatable bonds is 3. The molecule has 23 heavy (non-hydrogen) atoms. The fourth-order valence-corrected chi connectivity index (χ4v) is 2.70. The summed E-state index contributed by atoms with van der Waals surface area (Å²) in [5.41, 5.74) is -0.0670. The smallest absolute Gasteiger partial charge is 0.331 e. The van der Waals surface area contributed by atoms with E-state index in [-0.39, 0.29) is 18.4 Å². The molecule has 4 nitrogen and oxygen atoms in total. The second kappa shape index (κ2) is 6.79. The van der Waals surface area contributed by atoms with E-state index < -0.39 is 48.8 Å². The number of hydrogen-bond donors (Lipinski definition) is 1. The van der Waals surface area contributed by atoms with Gasteiger partial charge in [0.05, 0.1) is 0 Å². The first-order valence-electron chi connectivity index (χ1n) is 6.88. The Morgan fingerprint density at radius 2 is 1.96 bits per heavy atom. The van der Waals surface area contributed by atoms with E-state index in [1.54, 1.807) is 0 Å². The first-order valence-corrected chi connectivity index (χ1v) is 6.88. The van der Waals surface area contributed by atoms with Gasteiger partial charge in [-0.05, 0) is 24.5 Å². The lowest BCUT2D eigenvalue weighted by atomic mass is 9.93. The molecule has 128 valence electrons. The standard InChI is InChI=1S/C14H15F5N2O2/c15-10-3-1-2-9(12(10)16)8-4-5-11(23-20)13(22)21(6-8)7-14(17,18)19/h1-3,8,11H,4-7,20H2/t8-,11-/m1/s1. The average Bonchev–Trinajstić information content (AvgIpc) is 2.60. The summed E-state index contributed by atoms with van der Waals surface area (Å²) in [5.74, 6) is 1.06. The van der Waals surface area contributed by atoms with E-state index in [0.717, 1.165) is 6.07 Å². The zero-order valence-corrected chi connectivity index (χ0v) is 11.9. The minimum Gasteiger partial charge on any atom is -0.331 e. The van der Waals surface area contributed by atoms with Crippen LogP contribution in [0.4, 0.5) is 22.0 Å². The molecule has 0 radical (unpaired) electrons. The van der Waals surface area contributed by atoms with Crippen LogP contribution in [0.15, 0.2) is 18.2 Å². The number of benzene rings is 1. The van der Waals surface area contributed by atoms with Gasteiger partial charge in [-0.1, -0.05) is 12.1 Å². The molecule has 1 aliphatic heterocycles. The highest BCUT2D eigenvalue weighted by molar-refractivity contribution is 5.81. The van der Waals surface area contributed by atoms with Crippen LogP contribution in [-0.4, -0.2) is 36.2 Å². The van der Waals surface area contributed by atoms with E-state index in [2.05, 4.69) is 4.84 Å². The van der Waals surface area contributed by atoms with Gasteiger partial charge in [0, 0.05) is 12.5 Å². The van der Waals surface area contributed by atoms with Gasteiger partial charge in [0.15, 0.2) is 17.7 Å². The van der Waals surface area contributed by atoms with Gasteiger partial charge >= 0.3 is 6.18 Å². The molecule has 0 saturated carbocycles. The summed E-state index contributed by atoms with van der Waals surface area (Å²) < 4.78 is 65.2. The molecule has 0 bridgehead atoms. The third kappa shape index (κ3) is 4.17. The zero-order valence-electron chi connectivity index (χ0n) is 11.9. The Balaban J connectivity index is 2.31. The first-order chi connectivity index (χ1) is 10.7. The maximum absolute atomic E-state index is 13.9. The SMILES string of the molecule is NO[C@@H]1CC[C@@H](c2cccc(F)c2F)CN(CC(F)(F)F)C1=O. The van der Waals surface area contributed by atoms with Crippen molar-refractivity contribution in [2.75, 3.05) is 13.1 Å². The summed E-state index contributed by atoms with van der Waals surface area (Å²) in [6.45, 7) is -1.89. The van der Waals surface area contributed by atoms with E-state index in [4.69, 9.17) is 5.90 Å². The van der Waals surface area contributed by atoms with Crippen molar-refractivity contribution in [1.82, 2.24) is 4.90 Å². The van der Waals surface area contributed by atoms with Crippen LogP contribution in [0, 0.1) is 11.6 Å². The minimum absolute atomic E-state index is 0.0182. The summed E-state index contributed by atoms with van der Waals surface area (Å²) in [6, 6.07) is 3.48. The number of halogens is 5. The van der Waals surface area contributed by atoms with Crippen LogP contribution in [0.3, 0.4) is 0 Å². The number of nitrogens with zero attached hydrogens (tertiary/aromatic N) is 1. The molecule has 2 atom stereocenters. The van der Waals surface area contributed by atoms with Crippen molar-refractivity contribution in [2.45, 2.75) is 31.0 Å². The highest BCUT2D eigenvalue weighted by Gasteiger charge is 2.39. The van der Waals surface area contributed by atoms with Crippen LogP contribution in [0.2, 0.25) is 0 Å². The topological polar surface area (TPSA) is 55.6 Å². The number of nitrogens with two attached hydrogens (primary N) is 1. The van der Waals surface area contributed by atoms with Crippen molar-refractivity contribution in [3.05, 3.63) is 35.4 Å². The Kier molecular flexibility index (Phi) is 5.20. The van der Waals surface area contributed by atoms with E-state index >= 15 is 0 Å². The van der Waals surface area contributed by atoms with Crippen molar-refractivity contribution in [3.8, 4) is 0 Å². The van der Waals surface area contributed by atoms with E-state index in [1.807, 2.05) is 0 Å². The molecule has 0 aromatic heterocycles. The Labute approximate surface area is 129 Å². The van der Waals surface area contributed by atoms with Gasteiger partial charge in [0.1, 0.15) is 6.54 Å². The van der Waals surface area contributed by atoms with Gasteiger partial charge in [-0.25, -0.2) is 14.7 Å². The number of likely N-dealkylation sites (tertiary alicyclic amines) is 1. The summed E-state index contributed by atoms with van der Waals surface area (Å²) in [5, 5.41) is 0. The number of hydrogen-bond acceptors (Lipinski definition) is 3. The van der Waals surface area contributed by atoms with Crippen LogP contribution in [0.25, 0.3) is 0 Å². The summed E-state index contributed by atoms with van der Waals surface area (Å²) >= 11 is 0. The maximum atomic E-state index is 13.9. The lowest BCUT2D eigenvalue weighted by molar-refractivity contribution is -0.167. The third-order valence-electron chi connectivity index (χ3n) is 3.76. The van der Waals surface area contributed by atoms with Crippen molar-refractivity contribution in [2.24, 2.45) is 5.90 Å². The van der Waals surface area contributed by atoms with Crippen LogP contribution in [0.5, 0.6) is 0 Å². The molecule has 1 amide bonds. The molecule has 9 heteroatoms. The number of amides is 1. The third-order valence-corrected chi connectivity index (χ3v) is 3.76. The van der Waals surface area contributed by atoms with Gasteiger partial charge in [0.25, 0.3) is 5.91 Å². The minimum atomic E-state index is -4.62. The van der Waals surface area contributed by atoms with Crippen LogP contribution < -0.4 is 5.90 Å². The van der Waals surface area contributed by atoms with Gasteiger partial charge in [-0.3, -0.25) is 9.63 Å². The number of carbonyl (C=O) groups excluding carboxylic acids is 1. The predicted octanol–water partition coefficient (Wildman–Crippen LogP) is 2.49. The molecule has 2 rings (SSSR count). The molecule has 1 saturated heterocycles. The summed E-state index contributed by atoms with van der Waals surface area (Å²) in [6.07, 6.45) is -5.70. The van der Waals surface area contributed by atoms with E-state index in [0.29, 0.717) is 4.90 Å². The van der Waals surface area contributed by atoms with Crippen LogP contribution >= 0.6 is 0 Å². The maximum Gasteiger partial charge on any atom is 0.406 e. The normalized spacial score (nSPS) is 23.0. The largest absolute Gasteiger partial charge is 0.406 e. The van der Waals surface area contributed by atoms with Crippen molar-refractivity contribution in [1.29, 1.82) is 0 Å². The Bertz CT molecular complexity index is 579. The molecule has 1 heterocycles. The summed E-state index contributed by atoms with van der Waals surface area (Å²) in [4.78, 5) is 17.0. The van der Waals surface area contributed by atoms with Gasteiger partial charge in [-0.15, -0.1) is 0 Å². The Hall–Kier alpha value is -1.74. The average molecular weight is 338 g/mol. The predicted molar refractivity (Wildman–Crippen MR) is 70.0 cm³/mol. The number of carbonyl (C=O) groups is 1. The number of alkyl halides is 3. The van der Waals surface area contributed by atoms with Gasteiger partial charge in [-0.2, -0.15) is 13.2 Å². The van der Waals surface area contributed by atoms with Crippen LogP contribution in [0.1, 0.15) is 24.3 Å². The Morgan fingerprint density at radius 3 is 2.57 bits per heavy atom. The molecule has 1 aromatic rings. The van der Waals surface area contributed by atoms with E-state index in [9.17, 15) is 26.7 Å². The fraction of sp³-hybridized carbons (Fsp3) is 0.500. The second-order valence-electron chi connectivity index (χ2n) is 5.38. The molecule has 0 unspecified atom stereocenters. The molecular weight excluding hydrogens is 323 g/mol. The molecule has 0 spiro atoms. The molecule has 1 aliphatic rings. The molecule has 2 N–H and O–H groups in total. The quantitative estimate of drug-likeness (QED) is 0.681. The second-order valence-corrected chi connectivity index (χ2v) is 5.38. The lowest BCUT2D eigenvalue weighted by Crippen LogP contribution is -2.45. The Morgan fingerprint density at radius 1 is 1.26 bits per heavy atom. The molecule has 1 fully saturated rings. The highest BCUT2D eigenvalue weighted by atomic mass is 19.4.